The second kappa shape index (κ2) is 5.10. The molecule has 2 nitrogen and oxygen atoms in total. The Hall–Kier alpha value is -1.13. The minimum Gasteiger partial charge on any atom is -0.308 e. The Labute approximate surface area is 125 Å². The fourth-order valence-corrected chi connectivity index (χ4v) is 3.70. The van der Waals surface area contributed by atoms with Crippen molar-refractivity contribution >= 4 is 38.9 Å². The van der Waals surface area contributed by atoms with Gasteiger partial charge in [0.25, 0.3) is 5.91 Å². The van der Waals surface area contributed by atoms with Crippen molar-refractivity contribution in [2.45, 2.75) is 13.3 Å². The molecule has 1 aromatic heterocycles. The van der Waals surface area contributed by atoms with Gasteiger partial charge in [0.1, 0.15) is 0 Å². The highest BCUT2D eigenvalue weighted by molar-refractivity contribution is 9.11. The minimum atomic E-state index is 0.0981. The average Bonchev–Trinajstić information content (AvgIpc) is 2.83. The van der Waals surface area contributed by atoms with Gasteiger partial charge in [-0.2, -0.15) is 0 Å². The molecule has 19 heavy (non-hydrogen) atoms. The summed E-state index contributed by atoms with van der Waals surface area (Å²) in [5.41, 5.74) is 3.09. The number of carbonyl (C=O) groups excluding carboxylic acids is 1. The Balaban J connectivity index is 1.99. The van der Waals surface area contributed by atoms with Crippen molar-refractivity contribution in [3.8, 4) is 0 Å². The lowest BCUT2D eigenvalue weighted by molar-refractivity contribution is 0.0981. The Morgan fingerprint density at radius 3 is 2.95 bits per heavy atom. The van der Waals surface area contributed by atoms with Crippen molar-refractivity contribution in [1.29, 1.82) is 0 Å². The maximum atomic E-state index is 12.6. The van der Waals surface area contributed by atoms with E-state index < -0.39 is 0 Å². The summed E-state index contributed by atoms with van der Waals surface area (Å²) in [4.78, 5) is 14.5. The predicted molar refractivity (Wildman–Crippen MR) is 83.0 cm³/mol. The molecule has 1 amide bonds. The Kier molecular flexibility index (Phi) is 3.46. The van der Waals surface area contributed by atoms with Crippen molar-refractivity contribution in [1.82, 2.24) is 0 Å². The molecular weight excluding hydrogens is 322 g/mol. The summed E-state index contributed by atoms with van der Waals surface area (Å²) in [7, 11) is 0. The zero-order valence-electron chi connectivity index (χ0n) is 10.6. The molecule has 1 atom stereocenters. The highest BCUT2D eigenvalue weighted by Gasteiger charge is 2.27. The van der Waals surface area contributed by atoms with E-state index in [4.69, 9.17) is 0 Å². The lowest BCUT2D eigenvalue weighted by Gasteiger charge is -2.33. The lowest BCUT2D eigenvalue weighted by atomic mass is 9.93. The normalized spacial score (nSPS) is 18.2. The molecule has 1 aromatic carbocycles. The third-order valence-corrected chi connectivity index (χ3v) is 4.91. The molecule has 2 aromatic rings. The molecular formula is C15H14BrNOS. The molecule has 0 bridgehead atoms. The number of carbonyl (C=O) groups is 1. The molecule has 0 aliphatic carbocycles. The second-order valence-corrected chi connectivity index (χ2v) is 7.28. The SMILES string of the molecule is CC1Cc2ccccc2N(C(=O)c2csc(Br)c2)C1. The Bertz CT molecular complexity index is 622. The molecule has 3 rings (SSSR count). The van der Waals surface area contributed by atoms with Crippen LogP contribution in [-0.2, 0) is 6.42 Å². The molecule has 0 saturated heterocycles. The number of halogens is 1. The van der Waals surface area contributed by atoms with Gasteiger partial charge in [0.2, 0.25) is 0 Å². The van der Waals surface area contributed by atoms with Crippen LogP contribution in [0.25, 0.3) is 0 Å². The number of hydrogen-bond donors (Lipinski definition) is 0. The zero-order valence-corrected chi connectivity index (χ0v) is 13.0. The number of para-hydroxylation sites is 1. The summed E-state index contributed by atoms with van der Waals surface area (Å²) in [6, 6.07) is 10.1. The Morgan fingerprint density at radius 1 is 1.42 bits per heavy atom. The van der Waals surface area contributed by atoms with Gasteiger partial charge in [-0.05, 0) is 46.0 Å². The van der Waals surface area contributed by atoms with E-state index in [9.17, 15) is 4.79 Å². The van der Waals surface area contributed by atoms with Crippen LogP contribution in [-0.4, -0.2) is 12.5 Å². The first kappa shape index (κ1) is 12.9. The summed E-state index contributed by atoms with van der Waals surface area (Å²) in [6.45, 7) is 2.99. The monoisotopic (exact) mass is 335 g/mol. The van der Waals surface area contributed by atoms with Crippen LogP contribution < -0.4 is 4.90 Å². The quantitative estimate of drug-likeness (QED) is 0.758. The summed E-state index contributed by atoms with van der Waals surface area (Å²) in [5, 5.41) is 1.91. The summed E-state index contributed by atoms with van der Waals surface area (Å²) >= 11 is 4.96. The summed E-state index contributed by atoms with van der Waals surface area (Å²) in [6.07, 6.45) is 1.05. The van der Waals surface area contributed by atoms with E-state index in [-0.39, 0.29) is 5.91 Å². The number of amides is 1. The standard InChI is InChI=1S/C15H14BrNOS/c1-10-6-11-4-2-3-5-13(11)17(8-10)15(18)12-7-14(16)19-9-12/h2-5,7,9-10H,6,8H2,1H3. The van der Waals surface area contributed by atoms with Gasteiger partial charge in [0.05, 0.1) is 9.35 Å². The second-order valence-electron chi connectivity index (χ2n) is 4.99. The summed E-state index contributed by atoms with van der Waals surface area (Å²) in [5.74, 6) is 0.599. The van der Waals surface area contributed by atoms with E-state index >= 15 is 0 Å². The van der Waals surface area contributed by atoms with Crippen LogP contribution in [0.1, 0.15) is 22.8 Å². The first-order chi connectivity index (χ1) is 9.15. The highest BCUT2D eigenvalue weighted by Crippen LogP contribution is 2.31. The molecule has 0 radical (unpaired) electrons. The van der Waals surface area contributed by atoms with Gasteiger partial charge in [-0.15, -0.1) is 11.3 Å². The first-order valence-electron chi connectivity index (χ1n) is 6.29. The van der Waals surface area contributed by atoms with E-state index in [1.807, 2.05) is 34.5 Å². The van der Waals surface area contributed by atoms with Crippen LogP contribution in [0.2, 0.25) is 0 Å². The van der Waals surface area contributed by atoms with Crippen LogP contribution >= 0.6 is 27.3 Å². The number of rotatable bonds is 1. The van der Waals surface area contributed by atoms with E-state index in [0.717, 1.165) is 28.0 Å². The third-order valence-electron chi connectivity index (χ3n) is 3.40. The maximum absolute atomic E-state index is 12.6. The van der Waals surface area contributed by atoms with E-state index in [1.165, 1.54) is 5.56 Å². The first-order valence-corrected chi connectivity index (χ1v) is 7.96. The largest absolute Gasteiger partial charge is 0.308 e. The minimum absolute atomic E-state index is 0.0981. The molecule has 1 aliphatic heterocycles. The van der Waals surface area contributed by atoms with Crippen molar-refractivity contribution in [2.75, 3.05) is 11.4 Å². The van der Waals surface area contributed by atoms with Crippen LogP contribution in [0.4, 0.5) is 5.69 Å². The van der Waals surface area contributed by atoms with Gasteiger partial charge in [-0.1, -0.05) is 25.1 Å². The van der Waals surface area contributed by atoms with Crippen molar-refractivity contribution in [3.63, 3.8) is 0 Å². The lowest BCUT2D eigenvalue weighted by Crippen LogP contribution is -2.39. The van der Waals surface area contributed by atoms with Crippen LogP contribution in [0.5, 0.6) is 0 Å². The van der Waals surface area contributed by atoms with Gasteiger partial charge in [-0.3, -0.25) is 4.79 Å². The smallest absolute Gasteiger partial charge is 0.259 e. The maximum Gasteiger partial charge on any atom is 0.259 e. The summed E-state index contributed by atoms with van der Waals surface area (Å²) < 4.78 is 0.995. The number of nitrogens with zero attached hydrogens (tertiary/aromatic N) is 1. The van der Waals surface area contributed by atoms with Crippen molar-refractivity contribution < 1.29 is 4.79 Å². The molecule has 0 fully saturated rings. The molecule has 0 saturated carbocycles. The van der Waals surface area contributed by atoms with Crippen LogP contribution in [0.15, 0.2) is 39.5 Å². The molecule has 2 heterocycles. The van der Waals surface area contributed by atoms with E-state index in [2.05, 4.69) is 28.9 Å². The van der Waals surface area contributed by atoms with Gasteiger partial charge < -0.3 is 4.90 Å². The van der Waals surface area contributed by atoms with Gasteiger partial charge in [0.15, 0.2) is 0 Å². The fourth-order valence-electron chi connectivity index (χ4n) is 2.57. The van der Waals surface area contributed by atoms with E-state index in [0.29, 0.717) is 5.92 Å². The van der Waals surface area contributed by atoms with Crippen molar-refractivity contribution in [2.24, 2.45) is 5.92 Å². The number of fused-ring (bicyclic) bond motifs is 1. The Morgan fingerprint density at radius 2 is 2.21 bits per heavy atom. The number of thiophene rings is 1. The molecule has 0 spiro atoms. The molecule has 0 N–H and O–H groups in total. The molecule has 1 aliphatic rings. The van der Waals surface area contributed by atoms with Gasteiger partial charge in [0, 0.05) is 17.6 Å². The van der Waals surface area contributed by atoms with Crippen molar-refractivity contribution in [3.05, 3.63) is 50.6 Å². The topological polar surface area (TPSA) is 20.3 Å². The zero-order chi connectivity index (χ0) is 13.4. The van der Waals surface area contributed by atoms with Gasteiger partial charge >= 0.3 is 0 Å². The number of benzene rings is 1. The number of anilines is 1. The molecule has 98 valence electrons. The van der Waals surface area contributed by atoms with Crippen LogP contribution in [0, 0.1) is 5.92 Å². The number of hydrogen-bond acceptors (Lipinski definition) is 2. The third kappa shape index (κ3) is 2.47. The highest BCUT2D eigenvalue weighted by atomic mass is 79.9. The molecule has 1 unspecified atom stereocenters. The fraction of sp³-hybridized carbons (Fsp3) is 0.267. The average molecular weight is 336 g/mol. The van der Waals surface area contributed by atoms with Gasteiger partial charge in [-0.25, -0.2) is 0 Å². The van der Waals surface area contributed by atoms with E-state index in [1.54, 1.807) is 11.3 Å². The predicted octanol–water partition coefficient (Wildman–Crippen LogP) is 4.35. The molecule has 4 heteroatoms. The van der Waals surface area contributed by atoms with Crippen LogP contribution in [0.3, 0.4) is 0 Å².